The van der Waals surface area contributed by atoms with Gasteiger partial charge >= 0.3 is 6.03 Å². The number of amides is 3. The van der Waals surface area contributed by atoms with Crippen LogP contribution in [0.5, 0.6) is 0 Å². The van der Waals surface area contributed by atoms with Crippen molar-refractivity contribution in [3.8, 4) is 0 Å². The minimum absolute atomic E-state index is 0.193. The summed E-state index contributed by atoms with van der Waals surface area (Å²) < 4.78 is 0. The van der Waals surface area contributed by atoms with E-state index < -0.39 is 5.54 Å². The van der Waals surface area contributed by atoms with Gasteiger partial charge in [-0.3, -0.25) is 4.79 Å². The maximum absolute atomic E-state index is 12.6. The number of hydrogen-bond donors (Lipinski definition) is 1. The smallest absolute Gasteiger partial charge is 0.323 e. The Morgan fingerprint density at radius 2 is 1.80 bits per heavy atom. The van der Waals surface area contributed by atoms with Crippen molar-refractivity contribution < 1.29 is 9.59 Å². The predicted octanol–water partition coefficient (Wildman–Crippen LogP) is 3.06. The van der Waals surface area contributed by atoms with Gasteiger partial charge in [-0.25, -0.2) is 9.69 Å². The molecule has 1 N–H and O–H groups in total. The highest BCUT2D eigenvalue weighted by atomic mass is 16.2. The van der Waals surface area contributed by atoms with E-state index in [-0.39, 0.29) is 11.9 Å². The average molecular weight is 268 g/mol. The highest BCUT2D eigenvalue weighted by Crippen LogP contribution is 2.32. The quantitative estimate of drug-likeness (QED) is 0.851. The number of nitrogens with zero attached hydrogens (tertiary/aromatic N) is 1. The zero-order chi connectivity index (χ0) is 14.3. The highest BCUT2D eigenvalue weighted by Gasteiger charge is 2.47. The molecule has 3 amide bonds. The van der Waals surface area contributed by atoms with Crippen molar-refractivity contribution in [2.75, 3.05) is 4.90 Å². The molecule has 20 heavy (non-hydrogen) atoms. The molecule has 1 atom stereocenters. The first kappa shape index (κ1) is 12.7. The predicted molar refractivity (Wildman–Crippen MR) is 78.7 cm³/mol. The number of nitrogens with one attached hydrogen (secondary N) is 1. The summed E-state index contributed by atoms with van der Waals surface area (Å²) in [4.78, 5) is 26.0. The fraction of sp³-hybridized carbons (Fsp3) is 0.250. The Hall–Kier alpha value is -2.36. The van der Waals surface area contributed by atoms with Gasteiger partial charge in [0, 0.05) is 5.39 Å². The lowest BCUT2D eigenvalue weighted by molar-refractivity contribution is -0.121. The van der Waals surface area contributed by atoms with Gasteiger partial charge in [-0.05, 0) is 24.8 Å². The first-order chi connectivity index (χ1) is 9.57. The van der Waals surface area contributed by atoms with Crippen LogP contribution in [0.4, 0.5) is 10.5 Å². The van der Waals surface area contributed by atoms with Crippen LogP contribution in [0.2, 0.25) is 0 Å². The Morgan fingerprint density at radius 1 is 1.10 bits per heavy atom. The molecule has 0 bridgehead atoms. The summed E-state index contributed by atoms with van der Waals surface area (Å²) in [6, 6.07) is 13.0. The maximum atomic E-state index is 12.6. The van der Waals surface area contributed by atoms with E-state index >= 15 is 0 Å². The standard InChI is InChI=1S/C16H16N2O2/c1-3-16(2)14(19)18(15(20)17-16)13-10-6-8-11-7-4-5-9-12(11)13/h4-10H,3H2,1-2H3,(H,17,20). The van der Waals surface area contributed by atoms with Crippen LogP contribution in [-0.4, -0.2) is 17.5 Å². The number of fused-ring (bicyclic) bond motifs is 1. The second-order valence-electron chi connectivity index (χ2n) is 5.25. The van der Waals surface area contributed by atoms with E-state index in [1.54, 1.807) is 13.0 Å². The molecular weight excluding hydrogens is 252 g/mol. The summed E-state index contributed by atoms with van der Waals surface area (Å²) in [6.07, 6.45) is 0.568. The Morgan fingerprint density at radius 3 is 2.50 bits per heavy atom. The van der Waals surface area contributed by atoms with E-state index in [4.69, 9.17) is 0 Å². The Kier molecular flexibility index (Phi) is 2.74. The Labute approximate surface area is 117 Å². The summed E-state index contributed by atoms with van der Waals surface area (Å²) in [5.74, 6) is -0.193. The topological polar surface area (TPSA) is 49.4 Å². The number of carbonyl (C=O) groups is 2. The van der Waals surface area contributed by atoms with Crippen LogP contribution in [0.25, 0.3) is 10.8 Å². The highest BCUT2D eigenvalue weighted by molar-refractivity contribution is 6.25. The molecule has 0 spiro atoms. The minimum Gasteiger partial charge on any atom is -0.323 e. The van der Waals surface area contributed by atoms with Gasteiger partial charge in [-0.1, -0.05) is 43.3 Å². The maximum Gasteiger partial charge on any atom is 0.329 e. The Bertz CT molecular complexity index is 705. The van der Waals surface area contributed by atoms with Crippen molar-refractivity contribution in [2.24, 2.45) is 0 Å². The second-order valence-corrected chi connectivity index (χ2v) is 5.25. The zero-order valence-electron chi connectivity index (χ0n) is 11.5. The van der Waals surface area contributed by atoms with Crippen molar-refractivity contribution >= 4 is 28.4 Å². The molecule has 3 rings (SSSR count). The zero-order valence-corrected chi connectivity index (χ0v) is 11.5. The molecule has 2 aromatic carbocycles. The number of rotatable bonds is 2. The van der Waals surface area contributed by atoms with Crippen molar-refractivity contribution in [3.05, 3.63) is 42.5 Å². The van der Waals surface area contributed by atoms with Gasteiger partial charge in [0.2, 0.25) is 0 Å². The third kappa shape index (κ3) is 1.68. The van der Waals surface area contributed by atoms with E-state index in [1.165, 1.54) is 4.90 Å². The summed E-state index contributed by atoms with van der Waals surface area (Å²) in [5, 5.41) is 4.69. The van der Waals surface area contributed by atoms with E-state index in [0.717, 1.165) is 10.8 Å². The van der Waals surface area contributed by atoms with Crippen LogP contribution in [0.3, 0.4) is 0 Å². The van der Waals surface area contributed by atoms with Crippen LogP contribution < -0.4 is 10.2 Å². The fourth-order valence-electron chi connectivity index (χ4n) is 2.55. The second kappa shape index (κ2) is 4.34. The molecule has 1 fully saturated rings. The molecule has 1 heterocycles. The summed E-state index contributed by atoms with van der Waals surface area (Å²) in [6.45, 7) is 3.66. The fourth-order valence-corrected chi connectivity index (χ4v) is 2.55. The van der Waals surface area contributed by atoms with Crippen LogP contribution in [0.15, 0.2) is 42.5 Å². The molecular formula is C16H16N2O2. The number of benzene rings is 2. The lowest BCUT2D eigenvalue weighted by Crippen LogP contribution is -2.43. The van der Waals surface area contributed by atoms with Crippen LogP contribution in [0, 0.1) is 0 Å². The molecule has 1 unspecified atom stereocenters. The normalized spacial score (nSPS) is 22.4. The minimum atomic E-state index is -0.811. The summed E-state index contributed by atoms with van der Waals surface area (Å²) >= 11 is 0. The van der Waals surface area contributed by atoms with Gasteiger partial charge in [0.1, 0.15) is 5.54 Å². The molecule has 1 aliphatic rings. The van der Waals surface area contributed by atoms with Crippen molar-refractivity contribution in [3.63, 3.8) is 0 Å². The van der Waals surface area contributed by atoms with Gasteiger partial charge in [0.05, 0.1) is 5.69 Å². The van der Waals surface area contributed by atoms with Gasteiger partial charge in [0.15, 0.2) is 0 Å². The lowest BCUT2D eigenvalue weighted by atomic mass is 9.99. The summed E-state index contributed by atoms with van der Waals surface area (Å²) in [5.41, 5.74) is -0.170. The van der Waals surface area contributed by atoms with Crippen molar-refractivity contribution in [2.45, 2.75) is 25.8 Å². The Balaban J connectivity index is 2.17. The number of hydrogen-bond acceptors (Lipinski definition) is 2. The van der Waals surface area contributed by atoms with Crippen LogP contribution in [0.1, 0.15) is 20.3 Å². The van der Waals surface area contributed by atoms with Gasteiger partial charge in [0.25, 0.3) is 5.91 Å². The van der Waals surface area contributed by atoms with E-state index in [0.29, 0.717) is 12.1 Å². The SMILES string of the molecule is CCC1(C)NC(=O)N(c2cccc3ccccc23)C1=O. The molecule has 0 radical (unpaired) electrons. The first-order valence-corrected chi connectivity index (χ1v) is 6.71. The number of anilines is 1. The molecule has 0 saturated carbocycles. The van der Waals surface area contributed by atoms with Crippen molar-refractivity contribution in [1.82, 2.24) is 5.32 Å². The molecule has 0 aromatic heterocycles. The molecule has 1 saturated heterocycles. The van der Waals surface area contributed by atoms with Crippen LogP contribution >= 0.6 is 0 Å². The van der Waals surface area contributed by atoms with E-state index in [1.807, 2.05) is 43.3 Å². The van der Waals surface area contributed by atoms with Crippen molar-refractivity contribution in [1.29, 1.82) is 0 Å². The molecule has 4 nitrogen and oxygen atoms in total. The molecule has 2 aromatic rings. The van der Waals surface area contributed by atoms with Crippen LogP contribution in [-0.2, 0) is 4.79 Å². The molecule has 1 aliphatic heterocycles. The number of imide groups is 1. The number of carbonyl (C=O) groups excluding carboxylic acids is 2. The average Bonchev–Trinajstić information content (AvgIpc) is 2.69. The molecule has 0 aliphatic carbocycles. The van der Waals surface area contributed by atoms with Gasteiger partial charge in [-0.2, -0.15) is 0 Å². The monoisotopic (exact) mass is 268 g/mol. The summed E-state index contributed by atoms with van der Waals surface area (Å²) in [7, 11) is 0. The largest absolute Gasteiger partial charge is 0.329 e. The first-order valence-electron chi connectivity index (χ1n) is 6.71. The number of urea groups is 1. The third-order valence-corrected chi connectivity index (χ3v) is 3.98. The van der Waals surface area contributed by atoms with E-state index in [2.05, 4.69) is 5.32 Å². The van der Waals surface area contributed by atoms with Gasteiger partial charge < -0.3 is 5.32 Å². The third-order valence-electron chi connectivity index (χ3n) is 3.98. The molecule has 102 valence electrons. The lowest BCUT2D eigenvalue weighted by Gasteiger charge is -2.20. The van der Waals surface area contributed by atoms with E-state index in [9.17, 15) is 9.59 Å². The molecule has 4 heteroatoms. The van der Waals surface area contributed by atoms with Gasteiger partial charge in [-0.15, -0.1) is 0 Å².